The molecule has 0 aliphatic heterocycles. The molecule has 0 heterocycles. The quantitative estimate of drug-likeness (QED) is 0.184. The summed E-state index contributed by atoms with van der Waals surface area (Å²) in [4.78, 5) is 0. The molecular weight excluding hydrogens is 627 g/mol. The molecule has 0 radical (unpaired) electrons. The molecule has 5 rings (SSSR count). The van der Waals surface area contributed by atoms with Crippen LogP contribution in [0, 0.1) is 35.0 Å². The fourth-order valence-corrected chi connectivity index (χ4v) is 7.56. The zero-order valence-electron chi connectivity index (χ0n) is 33.0. The van der Waals surface area contributed by atoms with Crippen molar-refractivity contribution >= 4 is 5.69 Å². The Bertz CT molecular complexity index is 1490. The van der Waals surface area contributed by atoms with E-state index in [1.165, 1.54) is 55.7 Å². The lowest BCUT2D eigenvalue weighted by molar-refractivity contribution is -0.0789. The largest absolute Gasteiger partial charge is 0.508 e. The number of ether oxygens (including phenoxy) is 1. The van der Waals surface area contributed by atoms with Crippen LogP contribution in [-0.2, 0) is 10.3 Å². The molecule has 3 aromatic rings. The molecule has 2 aliphatic rings. The number of hydrogen-bond acceptors (Lipinski definition) is 4. The predicted molar refractivity (Wildman–Crippen MR) is 224 cm³/mol. The number of anilines is 1. The van der Waals surface area contributed by atoms with Crippen molar-refractivity contribution in [2.24, 2.45) is 23.2 Å². The van der Waals surface area contributed by atoms with Crippen molar-refractivity contribution in [1.82, 2.24) is 0 Å². The van der Waals surface area contributed by atoms with Gasteiger partial charge in [-0.15, -0.1) is 5.92 Å². The fraction of sp³-hybridized carbons (Fsp3) is 0.532. The molecule has 0 amide bonds. The van der Waals surface area contributed by atoms with E-state index in [2.05, 4.69) is 87.0 Å². The Morgan fingerprint density at radius 2 is 1.47 bits per heavy atom. The monoisotopic (exact) mass is 700 g/mol. The van der Waals surface area contributed by atoms with Gasteiger partial charge in [0.2, 0.25) is 0 Å². The summed E-state index contributed by atoms with van der Waals surface area (Å²) in [7, 11) is 0. The van der Waals surface area contributed by atoms with Crippen LogP contribution < -0.4 is 5.32 Å². The number of benzene rings is 3. The minimum atomic E-state index is -0.392. The number of phenols is 2. The molecule has 0 saturated heterocycles. The van der Waals surface area contributed by atoms with Crippen molar-refractivity contribution in [1.29, 1.82) is 0 Å². The first-order valence-corrected chi connectivity index (χ1v) is 19.4. The Morgan fingerprint density at radius 3 is 2.04 bits per heavy atom. The van der Waals surface area contributed by atoms with Crippen LogP contribution in [0.4, 0.5) is 5.69 Å². The third-order valence-electron chi connectivity index (χ3n) is 10.6. The molecule has 2 saturated carbocycles. The van der Waals surface area contributed by atoms with Crippen molar-refractivity contribution < 1.29 is 16.4 Å². The van der Waals surface area contributed by atoms with Gasteiger partial charge in [0.1, 0.15) is 11.5 Å². The number of nitrogens with one attached hydrogen (secondary N) is 1. The summed E-state index contributed by atoms with van der Waals surface area (Å²) in [6.45, 7) is 25.6. The van der Waals surface area contributed by atoms with E-state index in [1.54, 1.807) is 12.1 Å². The number of aromatic hydroxyl groups is 2. The molecule has 4 heteroatoms. The number of rotatable bonds is 10. The maximum Gasteiger partial charge on any atom is 0.121 e. The third-order valence-corrected chi connectivity index (χ3v) is 10.6. The van der Waals surface area contributed by atoms with Crippen molar-refractivity contribution in [2.45, 2.75) is 134 Å². The highest BCUT2D eigenvalue weighted by atomic mass is 16.5. The molecule has 3 aromatic carbocycles. The molecule has 4 nitrogen and oxygen atoms in total. The molecule has 2 unspecified atom stereocenters. The van der Waals surface area contributed by atoms with Gasteiger partial charge in [0, 0.05) is 36.6 Å². The average Bonchev–Trinajstić information content (AvgIpc) is 3.65. The topological polar surface area (TPSA) is 61.7 Å². The van der Waals surface area contributed by atoms with Crippen molar-refractivity contribution in [3.63, 3.8) is 0 Å². The van der Waals surface area contributed by atoms with Crippen LogP contribution in [0.2, 0.25) is 0 Å². The second kappa shape index (κ2) is 22.3. The standard InChI is InChI=1S/C40H49NO3.3C2H6.CH4.H2/c1-6-9-29-10-8-11-32(22-29)30-12-15-34(16-13-30)40(44-27-28(3)41-36-24-37(42)26-38(43)25-36)20-18-31(19-21-40)33-14-17-35(23-33)39(4,5)7-2;3*1-2;;/h8,10-13,15-16,22,24-26,31,33,35,41-43H,3,7,14,17-21,23,27H2,1-2,4-5H3;3*1-2H3;1H4;1H. The first-order valence-electron chi connectivity index (χ1n) is 19.4. The first kappa shape index (κ1) is 45.3. The van der Waals surface area contributed by atoms with E-state index >= 15 is 0 Å². The highest BCUT2D eigenvalue weighted by Gasteiger charge is 2.43. The van der Waals surface area contributed by atoms with Crippen LogP contribution in [-0.4, -0.2) is 16.8 Å². The van der Waals surface area contributed by atoms with Crippen LogP contribution in [0.15, 0.2) is 79.0 Å². The van der Waals surface area contributed by atoms with Crippen LogP contribution in [0.3, 0.4) is 0 Å². The molecule has 2 aliphatic carbocycles. The van der Waals surface area contributed by atoms with Gasteiger partial charge in [-0.05, 0) is 104 Å². The number of hydrogen-bond donors (Lipinski definition) is 3. The molecule has 3 N–H and O–H groups in total. The first-order chi connectivity index (χ1) is 24.1. The zero-order chi connectivity index (χ0) is 37.3. The van der Waals surface area contributed by atoms with Gasteiger partial charge in [-0.25, -0.2) is 0 Å². The predicted octanol–water partition coefficient (Wildman–Crippen LogP) is 14.0. The fourth-order valence-electron chi connectivity index (χ4n) is 7.56. The summed E-state index contributed by atoms with van der Waals surface area (Å²) in [6, 6.07) is 21.7. The van der Waals surface area contributed by atoms with Crippen molar-refractivity contribution in [3.05, 3.63) is 90.1 Å². The van der Waals surface area contributed by atoms with Crippen LogP contribution in [0.1, 0.15) is 141 Å². The van der Waals surface area contributed by atoms with Gasteiger partial charge in [-0.1, -0.05) is 125 Å². The zero-order valence-corrected chi connectivity index (χ0v) is 33.0. The van der Waals surface area contributed by atoms with Gasteiger partial charge < -0.3 is 20.3 Å². The summed E-state index contributed by atoms with van der Waals surface area (Å²) in [5.74, 6) is 8.57. The number of phenolic OH excluding ortho intramolecular Hbond substituents is 2. The summed E-state index contributed by atoms with van der Waals surface area (Å²) in [6.07, 6.45) is 9.65. The summed E-state index contributed by atoms with van der Waals surface area (Å²) in [5.41, 5.74) is 5.87. The molecular formula is C47H73NO3. The normalized spacial score (nSPS) is 20.6. The van der Waals surface area contributed by atoms with Gasteiger partial charge in [0.25, 0.3) is 0 Å². The van der Waals surface area contributed by atoms with E-state index in [9.17, 15) is 10.2 Å². The molecule has 0 spiro atoms. The Kier molecular flexibility index (Phi) is 19.8. The van der Waals surface area contributed by atoms with Crippen LogP contribution >= 0.6 is 0 Å². The Balaban J connectivity index is 0.00000309. The van der Waals surface area contributed by atoms with E-state index in [0.717, 1.165) is 41.7 Å². The van der Waals surface area contributed by atoms with E-state index in [4.69, 9.17) is 4.74 Å². The smallest absolute Gasteiger partial charge is 0.121 e. The van der Waals surface area contributed by atoms with Crippen molar-refractivity contribution in [2.75, 3.05) is 11.9 Å². The van der Waals surface area contributed by atoms with Gasteiger partial charge >= 0.3 is 0 Å². The molecule has 2 fully saturated rings. The second-order valence-electron chi connectivity index (χ2n) is 13.7. The summed E-state index contributed by atoms with van der Waals surface area (Å²) < 4.78 is 6.85. The summed E-state index contributed by atoms with van der Waals surface area (Å²) >= 11 is 0. The van der Waals surface area contributed by atoms with E-state index < -0.39 is 5.60 Å². The lowest BCUT2D eigenvalue weighted by atomic mass is 9.69. The lowest BCUT2D eigenvalue weighted by Gasteiger charge is -2.42. The van der Waals surface area contributed by atoms with E-state index in [1.807, 2.05) is 54.5 Å². The average molecular weight is 700 g/mol. The highest BCUT2D eigenvalue weighted by Crippen LogP contribution is 2.52. The molecule has 0 bridgehead atoms. The molecule has 284 valence electrons. The Morgan fingerprint density at radius 1 is 0.863 bits per heavy atom. The highest BCUT2D eigenvalue weighted by molar-refractivity contribution is 5.66. The van der Waals surface area contributed by atoms with Gasteiger partial charge in [-0.2, -0.15) is 0 Å². The third kappa shape index (κ3) is 12.5. The molecule has 2 atom stereocenters. The summed E-state index contributed by atoms with van der Waals surface area (Å²) in [5, 5.41) is 23.0. The van der Waals surface area contributed by atoms with E-state index in [0.29, 0.717) is 23.4 Å². The maximum atomic E-state index is 9.90. The van der Waals surface area contributed by atoms with Crippen LogP contribution in [0.5, 0.6) is 11.5 Å². The SMILES string of the molecule is C.C=C(COC1(c2ccc(-c3cccc(C#CC)c3)cc2)CCC(C2CCC(C(C)(C)CC)C2)CC1)Nc1cc(O)cc(O)c1.CC.CC.CC.[HH]. The van der Waals surface area contributed by atoms with Gasteiger partial charge in [-0.3, -0.25) is 0 Å². The van der Waals surface area contributed by atoms with E-state index in [-0.39, 0.29) is 20.4 Å². The minimum absolute atomic E-state index is 0. The molecule has 51 heavy (non-hydrogen) atoms. The second-order valence-corrected chi connectivity index (χ2v) is 13.7. The van der Waals surface area contributed by atoms with Crippen molar-refractivity contribution in [3.8, 4) is 34.5 Å². The van der Waals surface area contributed by atoms with Gasteiger partial charge in [0.15, 0.2) is 0 Å². The minimum Gasteiger partial charge on any atom is -0.508 e. The maximum absolute atomic E-state index is 9.90. The van der Waals surface area contributed by atoms with Gasteiger partial charge in [0.05, 0.1) is 12.2 Å². The van der Waals surface area contributed by atoms with Crippen LogP contribution in [0.25, 0.3) is 11.1 Å². The Labute approximate surface area is 314 Å². The lowest BCUT2D eigenvalue weighted by Crippen LogP contribution is -2.37. The molecule has 0 aromatic heterocycles. The Hall–Kier alpha value is -3.68.